The molecule has 1 atom stereocenters. The second-order valence-corrected chi connectivity index (χ2v) is 8.98. The van der Waals surface area contributed by atoms with Crippen molar-refractivity contribution in [2.24, 2.45) is 11.1 Å². The summed E-state index contributed by atoms with van der Waals surface area (Å²) in [7, 11) is 0. The highest BCUT2D eigenvalue weighted by molar-refractivity contribution is 5.87. The predicted molar refractivity (Wildman–Crippen MR) is 118 cm³/mol. The molecule has 6 heteroatoms. The highest BCUT2D eigenvalue weighted by Gasteiger charge is 2.38. The molecule has 3 N–H and O–H groups in total. The summed E-state index contributed by atoms with van der Waals surface area (Å²) in [6.45, 7) is 5.75. The quantitative estimate of drug-likeness (QED) is 0.687. The van der Waals surface area contributed by atoms with Gasteiger partial charge in [-0.15, -0.1) is 0 Å². The molecule has 1 amide bonds. The van der Waals surface area contributed by atoms with Crippen molar-refractivity contribution in [3.05, 3.63) is 59.8 Å². The van der Waals surface area contributed by atoms with Crippen molar-refractivity contribution in [3.63, 3.8) is 0 Å². The fourth-order valence-electron chi connectivity index (χ4n) is 5.12. The summed E-state index contributed by atoms with van der Waals surface area (Å²) in [5.41, 5.74) is 9.95. The van der Waals surface area contributed by atoms with Crippen molar-refractivity contribution >= 4 is 16.8 Å². The zero-order chi connectivity index (χ0) is 20.6. The van der Waals surface area contributed by atoms with Gasteiger partial charge in [0.05, 0.1) is 17.6 Å². The van der Waals surface area contributed by atoms with Crippen LogP contribution in [0.5, 0.6) is 0 Å². The molecule has 0 radical (unpaired) electrons. The smallest absolute Gasteiger partial charge is 0.221 e. The van der Waals surface area contributed by atoms with E-state index in [1.165, 1.54) is 51.0 Å². The van der Waals surface area contributed by atoms with Crippen LogP contribution in [0.15, 0.2) is 48.7 Å². The Morgan fingerprint density at radius 2 is 2.03 bits per heavy atom. The first-order valence-electron chi connectivity index (χ1n) is 10.9. The average Bonchev–Trinajstić information content (AvgIpc) is 3.34. The first-order chi connectivity index (χ1) is 14.6. The lowest BCUT2D eigenvalue weighted by Gasteiger charge is -2.34. The third kappa shape index (κ3) is 3.85. The molecule has 2 aliphatic rings. The van der Waals surface area contributed by atoms with E-state index in [-0.39, 0.29) is 12.3 Å². The molecule has 1 aromatic heterocycles. The van der Waals surface area contributed by atoms with Gasteiger partial charge in [0.25, 0.3) is 0 Å². The van der Waals surface area contributed by atoms with Crippen LogP contribution in [0.4, 0.5) is 0 Å². The Balaban J connectivity index is 1.30. The SMILES string of the molecule is NC(=O)Cc1cccc2cn(-c3ccc(CN4CCC5(CCCNC5)C4)cc3)nc12. The van der Waals surface area contributed by atoms with E-state index in [9.17, 15) is 4.79 Å². The topological polar surface area (TPSA) is 76.2 Å². The molecule has 2 aromatic carbocycles. The van der Waals surface area contributed by atoms with Gasteiger partial charge >= 0.3 is 0 Å². The summed E-state index contributed by atoms with van der Waals surface area (Å²) >= 11 is 0. The molecule has 0 aliphatic carbocycles. The van der Waals surface area contributed by atoms with Gasteiger partial charge in [0, 0.05) is 31.2 Å². The number of hydrogen-bond donors (Lipinski definition) is 2. The molecule has 2 aliphatic heterocycles. The van der Waals surface area contributed by atoms with Crippen LogP contribution in [0.1, 0.15) is 30.4 Å². The van der Waals surface area contributed by atoms with Crippen LogP contribution < -0.4 is 11.1 Å². The van der Waals surface area contributed by atoms with Crippen LogP contribution >= 0.6 is 0 Å². The highest BCUT2D eigenvalue weighted by atomic mass is 16.1. The average molecular weight is 404 g/mol. The Morgan fingerprint density at radius 1 is 1.17 bits per heavy atom. The minimum Gasteiger partial charge on any atom is -0.369 e. The van der Waals surface area contributed by atoms with Crippen LogP contribution in [-0.2, 0) is 17.8 Å². The number of piperidine rings is 1. The number of carbonyl (C=O) groups excluding carboxylic acids is 1. The maximum absolute atomic E-state index is 11.3. The molecular formula is C24H29N5O. The van der Waals surface area contributed by atoms with Gasteiger partial charge < -0.3 is 11.1 Å². The molecule has 156 valence electrons. The molecule has 2 saturated heterocycles. The molecular weight excluding hydrogens is 374 g/mol. The van der Waals surface area contributed by atoms with Gasteiger partial charge in [-0.1, -0.05) is 30.3 Å². The van der Waals surface area contributed by atoms with Crippen molar-refractivity contribution in [2.75, 3.05) is 26.2 Å². The number of likely N-dealkylation sites (tertiary alicyclic amines) is 1. The molecule has 0 bridgehead atoms. The summed E-state index contributed by atoms with van der Waals surface area (Å²) in [4.78, 5) is 13.9. The van der Waals surface area contributed by atoms with Crippen molar-refractivity contribution in [2.45, 2.75) is 32.2 Å². The molecule has 1 spiro atoms. The van der Waals surface area contributed by atoms with E-state index in [1.807, 2.05) is 29.1 Å². The summed E-state index contributed by atoms with van der Waals surface area (Å²) < 4.78 is 1.89. The normalized spacial score (nSPS) is 22.1. The third-order valence-electron chi connectivity index (χ3n) is 6.67. The number of fused-ring (bicyclic) bond motifs is 1. The van der Waals surface area contributed by atoms with Crippen molar-refractivity contribution in [1.29, 1.82) is 0 Å². The summed E-state index contributed by atoms with van der Waals surface area (Å²) in [6, 6.07) is 14.5. The van der Waals surface area contributed by atoms with Gasteiger partial charge in [0.15, 0.2) is 0 Å². The van der Waals surface area contributed by atoms with Gasteiger partial charge in [0.2, 0.25) is 5.91 Å². The van der Waals surface area contributed by atoms with Crippen LogP contribution in [0.2, 0.25) is 0 Å². The minimum absolute atomic E-state index is 0.208. The number of primary amides is 1. The second-order valence-electron chi connectivity index (χ2n) is 8.98. The van der Waals surface area contributed by atoms with E-state index in [1.54, 1.807) is 0 Å². The van der Waals surface area contributed by atoms with E-state index in [0.29, 0.717) is 5.41 Å². The fraction of sp³-hybridized carbons (Fsp3) is 0.417. The zero-order valence-electron chi connectivity index (χ0n) is 17.3. The molecule has 30 heavy (non-hydrogen) atoms. The van der Waals surface area contributed by atoms with Crippen LogP contribution in [-0.4, -0.2) is 46.8 Å². The summed E-state index contributed by atoms with van der Waals surface area (Å²) in [5.74, 6) is -0.339. The Hall–Kier alpha value is -2.70. The number of hydrogen-bond acceptors (Lipinski definition) is 4. The predicted octanol–water partition coefficient (Wildman–Crippen LogP) is 2.63. The molecule has 3 aromatic rings. The molecule has 5 rings (SSSR count). The molecule has 3 heterocycles. The molecule has 1 unspecified atom stereocenters. The maximum Gasteiger partial charge on any atom is 0.221 e. The minimum atomic E-state index is -0.339. The standard InChI is InChI=1S/C24H29N5O/c25-22(30)13-19-3-1-4-20-15-29(27-23(19)20)21-7-5-18(6-8-21)14-28-12-10-24(17-28)9-2-11-26-16-24/h1,3-8,15,26H,2,9-14,16-17H2,(H2,25,30). The lowest BCUT2D eigenvalue weighted by molar-refractivity contribution is -0.117. The number of amides is 1. The van der Waals surface area contributed by atoms with Gasteiger partial charge in [-0.05, 0) is 61.0 Å². The van der Waals surface area contributed by atoms with E-state index >= 15 is 0 Å². The van der Waals surface area contributed by atoms with Crippen molar-refractivity contribution < 1.29 is 4.79 Å². The third-order valence-corrected chi connectivity index (χ3v) is 6.67. The number of carbonyl (C=O) groups is 1. The largest absolute Gasteiger partial charge is 0.369 e. The van der Waals surface area contributed by atoms with Crippen LogP contribution in [0.3, 0.4) is 0 Å². The summed E-state index contributed by atoms with van der Waals surface area (Å²) in [6.07, 6.45) is 6.20. The number of aromatic nitrogens is 2. The van der Waals surface area contributed by atoms with Gasteiger partial charge in [-0.25, -0.2) is 4.68 Å². The molecule has 2 fully saturated rings. The Morgan fingerprint density at radius 3 is 2.80 bits per heavy atom. The number of rotatable bonds is 5. The van der Waals surface area contributed by atoms with Gasteiger partial charge in [-0.2, -0.15) is 5.10 Å². The maximum atomic E-state index is 11.3. The molecule has 0 saturated carbocycles. The Kier molecular flexibility index (Phi) is 5.05. The van der Waals surface area contributed by atoms with E-state index in [0.717, 1.165) is 28.7 Å². The highest BCUT2D eigenvalue weighted by Crippen LogP contribution is 2.37. The number of nitrogens with two attached hydrogens (primary N) is 1. The number of benzene rings is 2. The van der Waals surface area contributed by atoms with E-state index in [2.05, 4.69) is 34.5 Å². The lowest BCUT2D eigenvalue weighted by atomic mass is 9.80. The first-order valence-corrected chi connectivity index (χ1v) is 10.9. The van der Waals surface area contributed by atoms with Gasteiger partial charge in [0.1, 0.15) is 0 Å². The second kappa shape index (κ2) is 7.85. The monoisotopic (exact) mass is 403 g/mol. The lowest BCUT2D eigenvalue weighted by Crippen LogP contribution is -2.41. The van der Waals surface area contributed by atoms with Crippen LogP contribution in [0.25, 0.3) is 16.6 Å². The fourth-order valence-corrected chi connectivity index (χ4v) is 5.12. The first kappa shape index (κ1) is 19.3. The Bertz CT molecular complexity index is 1050. The molecule has 6 nitrogen and oxygen atoms in total. The zero-order valence-corrected chi connectivity index (χ0v) is 17.3. The van der Waals surface area contributed by atoms with Crippen LogP contribution in [0, 0.1) is 5.41 Å². The number of nitrogens with one attached hydrogen (secondary N) is 1. The Labute approximate surface area is 177 Å². The van der Waals surface area contributed by atoms with Crippen molar-refractivity contribution in [1.82, 2.24) is 20.0 Å². The van der Waals surface area contributed by atoms with E-state index in [4.69, 9.17) is 10.8 Å². The van der Waals surface area contributed by atoms with Crippen molar-refractivity contribution in [3.8, 4) is 5.69 Å². The number of nitrogens with zero attached hydrogens (tertiary/aromatic N) is 3. The van der Waals surface area contributed by atoms with Gasteiger partial charge in [-0.3, -0.25) is 9.69 Å². The summed E-state index contributed by atoms with van der Waals surface area (Å²) in [5, 5.41) is 9.32. The van der Waals surface area contributed by atoms with E-state index < -0.39 is 0 Å².